The van der Waals surface area contributed by atoms with Gasteiger partial charge in [-0.15, -0.1) is 0 Å². The van der Waals surface area contributed by atoms with Crippen molar-refractivity contribution in [1.29, 1.82) is 0 Å². The van der Waals surface area contributed by atoms with Crippen LogP contribution in [0.25, 0.3) is 11.6 Å². The van der Waals surface area contributed by atoms with E-state index in [1.54, 1.807) is 43.3 Å². The zero-order valence-corrected chi connectivity index (χ0v) is 14.2. The molecule has 0 atom stereocenters. The maximum absolute atomic E-state index is 11.7. The molecule has 5 heteroatoms. The van der Waals surface area contributed by atoms with Gasteiger partial charge < -0.3 is 14.9 Å². The standard InChI is InChI=1S/C20H20O5/c1-3-10-25-15-8-9-16(13(2)11-15)18(20(23)24)12-14-6-4-5-7-17(14)19(21)22/h4-9,11-12H,3,10H2,1-2H3,(H,21,22)(H,23,24)/b18-12-. The molecule has 2 N–H and O–H groups in total. The number of ether oxygens (including phenoxy) is 1. The molecule has 0 unspecified atom stereocenters. The maximum Gasteiger partial charge on any atom is 0.336 e. The van der Waals surface area contributed by atoms with E-state index >= 15 is 0 Å². The van der Waals surface area contributed by atoms with Crippen LogP contribution in [-0.4, -0.2) is 28.8 Å². The van der Waals surface area contributed by atoms with Crippen molar-refractivity contribution in [2.24, 2.45) is 0 Å². The summed E-state index contributed by atoms with van der Waals surface area (Å²) >= 11 is 0. The minimum Gasteiger partial charge on any atom is -0.494 e. The van der Waals surface area contributed by atoms with Crippen LogP contribution in [-0.2, 0) is 4.79 Å². The summed E-state index contributed by atoms with van der Waals surface area (Å²) in [6.07, 6.45) is 2.27. The quantitative estimate of drug-likeness (QED) is 0.585. The molecule has 2 aromatic carbocycles. The number of aryl methyl sites for hydroxylation is 1. The van der Waals surface area contributed by atoms with Gasteiger partial charge >= 0.3 is 11.9 Å². The van der Waals surface area contributed by atoms with E-state index in [0.717, 1.165) is 12.0 Å². The Balaban J connectivity index is 2.49. The Labute approximate surface area is 146 Å². The molecule has 0 saturated carbocycles. The van der Waals surface area contributed by atoms with Gasteiger partial charge in [0.15, 0.2) is 0 Å². The lowest BCUT2D eigenvalue weighted by molar-refractivity contribution is -0.130. The number of benzene rings is 2. The molecule has 0 aliphatic rings. The van der Waals surface area contributed by atoms with Crippen LogP contribution in [0.4, 0.5) is 0 Å². The van der Waals surface area contributed by atoms with Gasteiger partial charge in [-0.1, -0.05) is 31.2 Å². The molecule has 0 saturated heterocycles. The summed E-state index contributed by atoms with van der Waals surface area (Å²) in [5, 5.41) is 18.9. The lowest BCUT2D eigenvalue weighted by Gasteiger charge is -2.11. The van der Waals surface area contributed by atoms with Gasteiger partial charge in [0.25, 0.3) is 0 Å². The Bertz CT molecular complexity index is 821. The zero-order valence-electron chi connectivity index (χ0n) is 14.2. The average Bonchev–Trinajstić information content (AvgIpc) is 2.58. The lowest BCUT2D eigenvalue weighted by atomic mass is 9.96. The number of carboxylic acids is 2. The molecular formula is C20H20O5. The third kappa shape index (κ3) is 4.47. The summed E-state index contributed by atoms with van der Waals surface area (Å²) in [6.45, 7) is 4.40. The van der Waals surface area contributed by atoms with E-state index in [0.29, 0.717) is 23.5 Å². The molecule has 0 aromatic heterocycles. The maximum atomic E-state index is 11.7. The van der Waals surface area contributed by atoms with Crippen LogP contribution in [0.5, 0.6) is 5.75 Å². The summed E-state index contributed by atoms with van der Waals surface area (Å²) in [5.41, 5.74) is 1.71. The molecule has 0 aliphatic carbocycles. The van der Waals surface area contributed by atoms with Crippen molar-refractivity contribution in [3.8, 4) is 5.75 Å². The molecule has 0 bridgehead atoms. The summed E-state index contributed by atoms with van der Waals surface area (Å²) in [5.74, 6) is -1.54. The van der Waals surface area contributed by atoms with Gasteiger partial charge in [0.2, 0.25) is 0 Å². The van der Waals surface area contributed by atoms with Crippen LogP contribution in [0, 0.1) is 6.92 Å². The molecule has 5 nitrogen and oxygen atoms in total. The first-order valence-electron chi connectivity index (χ1n) is 7.95. The molecule has 0 aliphatic heterocycles. The first-order chi connectivity index (χ1) is 11.9. The fraction of sp³-hybridized carbons (Fsp3) is 0.200. The zero-order chi connectivity index (χ0) is 18.4. The molecule has 2 aromatic rings. The van der Waals surface area contributed by atoms with E-state index in [1.165, 1.54) is 12.1 Å². The van der Waals surface area contributed by atoms with Crippen molar-refractivity contribution in [2.75, 3.05) is 6.61 Å². The fourth-order valence-corrected chi connectivity index (χ4v) is 2.48. The van der Waals surface area contributed by atoms with Crippen molar-refractivity contribution in [3.05, 3.63) is 64.7 Å². The Morgan fingerprint density at radius 1 is 1.08 bits per heavy atom. The number of carboxylic acid groups (broad SMARTS) is 2. The molecule has 25 heavy (non-hydrogen) atoms. The van der Waals surface area contributed by atoms with Crippen LogP contribution < -0.4 is 4.74 Å². The van der Waals surface area contributed by atoms with E-state index in [-0.39, 0.29) is 11.1 Å². The lowest BCUT2D eigenvalue weighted by Crippen LogP contribution is -2.04. The molecule has 0 amide bonds. The van der Waals surface area contributed by atoms with Gasteiger partial charge in [0.1, 0.15) is 5.75 Å². The van der Waals surface area contributed by atoms with E-state index < -0.39 is 11.9 Å². The van der Waals surface area contributed by atoms with E-state index in [4.69, 9.17) is 4.74 Å². The highest BCUT2D eigenvalue weighted by molar-refractivity contribution is 6.21. The van der Waals surface area contributed by atoms with Gasteiger partial charge in [-0.05, 0) is 54.3 Å². The Hall–Kier alpha value is -3.08. The topological polar surface area (TPSA) is 83.8 Å². The predicted octanol–water partition coefficient (Wildman–Crippen LogP) is 4.11. The Morgan fingerprint density at radius 3 is 2.40 bits per heavy atom. The molecule has 0 heterocycles. The first kappa shape index (κ1) is 18.3. The summed E-state index contributed by atoms with van der Waals surface area (Å²) in [4.78, 5) is 23.1. The third-order valence-electron chi connectivity index (χ3n) is 3.68. The fourth-order valence-electron chi connectivity index (χ4n) is 2.48. The van der Waals surface area contributed by atoms with Gasteiger partial charge in [-0.2, -0.15) is 0 Å². The van der Waals surface area contributed by atoms with Crippen molar-refractivity contribution in [2.45, 2.75) is 20.3 Å². The van der Waals surface area contributed by atoms with Gasteiger partial charge in [-0.25, -0.2) is 9.59 Å². The van der Waals surface area contributed by atoms with Gasteiger partial charge in [0.05, 0.1) is 17.7 Å². The highest BCUT2D eigenvalue weighted by Crippen LogP contribution is 2.26. The highest BCUT2D eigenvalue weighted by Gasteiger charge is 2.16. The summed E-state index contributed by atoms with van der Waals surface area (Å²) in [6, 6.07) is 11.5. The third-order valence-corrected chi connectivity index (χ3v) is 3.68. The first-order valence-corrected chi connectivity index (χ1v) is 7.95. The van der Waals surface area contributed by atoms with Crippen molar-refractivity contribution in [3.63, 3.8) is 0 Å². The number of aromatic carboxylic acids is 1. The van der Waals surface area contributed by atoms with Crippen LogP contribution in [0.3, 0.4) is 0 Å². The van der Waals surface area contributed by atoms with Gasteiger partial charge in [-0.3, -0.25) is 0 Å². The summed E-state index contributed by atoms with van der Waals surface area (Å²) < 4.78 is 5.56. The molecule has 130 valence electrons. The second-order valence-corrected chi connectivity index (χ2v) is 5.58. The molecule has 2 rings (SSSR count). The normalized spacial score (nSPS) is 11.2. The molecular weight excluding hydrogens is 320 g/mol. The highest BCUT2D eigenvalue weighted by atomic mass is 16.5. The number of carbonyl (C=O) groups is 2. The number of hydrogen-bond donors (Lipinski definition) is 2. The Kier molecular flexibility index (Phi) is 5.95. The van der Waals surface area contributed by atoms with Crippen LogP contribution >= 0.6 is 0 Å². The smallest absolute Gasteiger partial charge is 0.336 e. The minimum atomic E-state index is -1.12. The number of rotatable bonds is 7. The van der Waals surface area contributed by atoms with E-state index in [9.17, 15) is 19.8 Å². The monoisotopic (exact) mass is 340 g/mol. The molecule has 0 spiro atoms. The van der Waals surface area contributed by atoms with Crippen LogP contribution in [0.15, 0.2) is 42.5 Å². The van der Waals surface area contributed by atoms with Gasteiger partial charge in [0, 0.05) is 0 Å². The largest absolute Gasteiger partial charge is 0.494 e. The van der Waals surface area contributed by atoms with Crippen molar-refractivity contribution in [1.82, 2.24) is 0 Å². The van der Waals surface area contributed by atoms with Crippen molar-refractivity contribution < 1.29 is 24.5 Å². The van der Waals surface area contributed by atoms with Crippen molar-refractivity contribution >= 4 is 23.6 Å². The van der Waals surface area contributed by atoms with E-state index in [1.807, 2.05) is 6.92 Å². The Morgan fingerprint density at radius 2 is 1.80 bits per heavy atom. The number of aliphatic carboxylic acids is 1. The predicted molar refractivity (Wildman–Crippen MR) is 95.9 cm³/mol. The molecule has 0 fully saturated rings. The summed E-state index contributed by atoms with van der Waals surface area (Å²) in [7, 11) is 0. The van der Waals surface area contributed by atoms with E-state index in [2.05, 4.69) is 0 Å². The second-order valence-electron chi connectivity index (χ2n) is 5.58. The second kappa shape index (κ2) is 8.15. The number of hydrogen-bond acceptors (Lipinski definition) is 3. The average molecular weight is 340 g/mol. The van der Waals surface area contributed by atoms with Crippen LogP contribution in [0.2, 0.25) is 0 Å². The van der Waals surface area contributed by atoms with Crippen LogP contribution in [0.1, 0.15) is 40.4 Å². The minimum absolute atomic E-state index is 0.0354. The SMILES string of the molecule is CCCOc1ccc(/C(=C/c2ccccc2C(=O)O)C(=O)O)c(C)c1. The molecule has 0 radical (unpaired) electrons.